The SMILES string of the molecule is CC(C)(C)[C@H]1OCC[C@@H]1c1noc(COc2ccccc2F)n1. The second-order valence-corrected chi connectivity index (χ2v) is 6.82. The normalized spacial score (nSPS) is 21.6. The minimum atomic E-state index is -0.413. The van der Waals surface area contributed by atoms with Crippen LogP contribution >= 0.6 is 0 Å². The molecule has 0 N–H and O–H groups in total. The number of benzene rings is 1. The van der Waals surface area contributed by atoms with Crippen LogP contribution in [0.15, 0.2) is 28.8 Å². The first-order valence-electron chi connectivity index (χ1n) is 7.76. The molecule has 1 aromatic heterocycles. The molecular weight excluding hydrogens is 299 g/mol. The standard InChI is InChI=1S/C17H21FN2O3/c1-17(2,3)15-11(8-9-21-15)16-19-14(23-20-16)10-22-13-7-5-4-6-12(13)18/h4-7,11,15H,8-10H2,1-3H3/t11-,15-/m0/s1. The van der Waals surface area contributed by atoms with E-state index in [0.29, 0.717) is 18.3 Å². The van der Waals surface area contributed by atoms with E-state index >= 15 is 0 Å². The molecule has 5 nitrogen and oxygen atoms in total. The Bertz CT molecular complexity index is 666. The van der Waals surface area contributed by atoms with Crippen LogP contribution < -0.4 is 4.74 Å². The van der Waals surface area contributed by atoms with Gasteiger partial charge in [0.2, 0.25) is 0 Å². The fourth-order valence-corrected chi connectivity index (χ4v) is 2.89. The third kappa shape index (κ3) is 3.52. The van der Waals surface area contributed by atoms with Crippen molar-refractivity contribution in [1.82, 2.24) is 10.1 Å². The predicted molar refractivity (Wildman–Crippen MR) is 81.6 cm³/mol. The van der Waals surface area contributed by atoms with Gasteiger partial charge in [-0.05, 0) is 24.0 Å². The average molecular weight is 320 g/mol. The molecule has 0 amide bonds. The number of ether oxygens (including phenoxy) is 2. The zero-order valence-electron chi connectivity index (χ0n) is 13.6. The lowest BCUT2D eigenvalue weighted by molar-refractivity contribution is 0.0193. The lowest BCUT2D eigenvalue weighted by Crippen LogP contribution is -2.30. The molecule has 0 saturated carbocycles. The highest BCUT2D eigenvalue weighted by Gasteiger charge is 2.40. The second-order valence-electron chi connectivity index (χ2n) is 6.82. The molecule has 2 aromatic rings. The van der Waals surface area contributed by atoms with Gasteiger partial charge in [0, 0.05) is 6.61 Å². The number of aromatic nitrogens is 2. The largest absolute Gasteiger partial charge is 0.481 e. The first-order chi connectivity index (χ1) is 10.9. The molecule has 0 aliphatic carbocycles. The summed E-state index contributed by atoms with van der Waals surface area (Å²) in [6, 6.07) is 6.23. The molecule has 0 bridgehead atoms. The van der Waals surface area contributed by atoms with Crippen molar-refractivity contribution >= 4 is 0 Å². The highest BCUT2D eigenvalue weighted by atomic mass is 19.1. The molecule has 23 heavy (non-hydrogen) atoms. The number of hydrogen-bond donors (Lipinski definition) is 0. The van der Waals surface area contributed by atoms with Gasteiger partial charge >= 0.3 is 0 Å². The van der Waals surface area contributed by atoms with E-state index in [1.165, 1.54) is 6.07 Å². The van der Waals surface area contributed by atoms with Crippen molar-refractivity contribution in [2.75, 3.05) is 6.61 Å². The Morgan fingerprint density at radius 3 is 2.83 bits per heavy atom. The Morgan fingerprint density at radius 2 is 2.09 bits per heavy atom. The average Bonchev–Trinajstić information content (AvgIpc) is 3.14. The van der Waals surface area contributed by atoms with E-state index in [0.717, 1.165) is 6.42 Å². The fourth-order valence-electron chi connectivity index (χ4n) is 2.89. The summed E-state index contributed by atoms with van der Waals surface area (Å²) in [5.41, 5.74) is 0.00558. The molecule has 1 saturated heterocycles. The van der Waals surface area contributed by atoms with Crippen LogP contribution in [-0.4, -0.2) is 22.9 Å². The number of hydrogen-bond acceptors (Lipinski definition) is 5. The van der Waals surface area contributed by atoms with E-state index in [1.54, 1.807) is 18.2 Å². The first kappa shape index (κ1) is 15.9. The van der Waals surface area contributed by atoms with Crippen molar-refractivity contribution in [2.45, 2.75) is 45.8 Å². The quantitative estimate of drug-likeness (QED) is 0.859. The Balaban J connectivity index is 1.67. The van der Waals surface area contributed by atoms with Crippen molar-refractivity contribution in [3.05, 3.63) is 41.8 Å². The molecule has 1 aliphatic heterocycles. The summed E-state index contributed by atoms with van der Waals surface area (Å²) in [7, 11) is 0. The van der Waals surface area contributed by atoms with Gasteiger partial charge in [0.25, 0.3) is 5.89 Å². The highest BCUT2D eigenvalue weighted by molar-refractivity contribution is 5.23. The number of halogens is 1. The van der Waals surface area contributed by atoms with Crippen LogP contribution in [0.1, 0.15) is 44.8 Å². The van der Waals surface area contributed by atoms with Crippen LogP contribution in [0.4, 0.5) is 4.39 Å². The smallest absolute Gasteiger partial charge is 0.264 e. The molecule has 124 valence electrons. The Kier molecular flexibility index (Phi) is 4.35. The van der Waals surface area contributed by atoms with Crippen LogP contribution in [0.3, 0.4) is 0 Å². The molecular formula is C17H21FN2O3. The van der Waals surface area contributed by atoms with E-state index in [4.69, 9.17) is 14.0 Å². The van der Waals surface area contributed by atoms with Gasteiger partial charge in [0.05, 0.1) is 12.0 Å². The summed E-state index contributed by atoms with van der Waals surface area (Å²) in [4.78, 5) is 4.40. The van der Waals surface area contributed by atoms with Crippen LogP contribution in [0.5, 0.6) is 5.75 Å². The van der Waals surface area contributed by atoms with Crippen molar-refractivity contribution in [3.8, 4) is 5.75 Å². The van der Waals surface area contributed by atoms with E-state index in [2.05, 4.69) is 30.9 Å². The maximum atomic E-state index is 13.5. The molecule has 0 radical (unpaired) electrons. The maximum Gasteiger partial charge on any atom is 0.264 e. The van der Waals surface area contributed by atoms with E-state index in [9.17, 15) is 4.39 Å². The predicted octanol–water partition coefficient (Wildman–Crippen LogP) is 3.71. The van der Waals surface area contributed by atoms with Gasteiger partial charge < -0.3 is 14.0 Å². The zero-order chi connectivity index (χ0) is 16.4. The Hall–Kier alpha value is -1.95. The van der Waals surface area contributed by atoms with Crippen LogP contribution in [0, 0.1) is 11.2 Å². The minimum absolute atomic E-state index is 0.00558. The van der Waals surface area contributed by atoms with Crippen molar-refractivity contribution < 1.29 is 18.4 Å². The van der Waals surface area contributed by atoms with Gasteiger partial charge in [0.1, 0.15) is 0 Å². The topological polar surface area (TPSA) is 57.4 Å². The van der Waals surface area contributed by atoms with Crippen molar-refractivity contribution in [2.24, 2.45) is 5.41 Å². The van der Waals surface area contributed by atoms with Crippen LogP contribution in [-0.2, 0) is 11.3 Å². The molecule has 1 aromatic carbocycles. The number of para-hydroxylation sites is 1. The molecule has 1 fully saturated rings. The number of rotatable bonds is 4. The van der Waals surface area contributed by atoms with E-state index < -0.39 is 5.82 Å². The summed E-state index contributed by atoms with van der Waals surface area (Å²) in [5, 5.41) is 4.06. The molecule has 0 spiro atoms. The third-order valence-corrected chi connectivity index (χ3v) is 3.95. The first-order valence-corrected chi connectivity index (χ1v) is 7.76. The summed E-state index contributed by atoms with van der Waals surface area (Å²) >= 11 is 0. The maximum absolute atomic E-state index is 13.5. The summed E-state index contributed by atoms with van der Waals surface area (Å²) < 4.78 is 30.0. The van der Waals surface area contributed by atoms with Gasteiger partial charge in [-0.25, -0.2) is 4.39 Å². The zero-order valence-corrected chi connectivity index (χ0v) is 13.6. The molecule has 1 aliphatic rings. The van der Waals surface area contributed by atoms with E-state index in [-0.39, 0.29) is 29.8 Å². The number of nitrogens with zero attached hydrogens (tertiary/aromatic N) is 2. The second kappa shape index (κ2) is 6.28. The summed E-state index contributed by atoms with van der Waals surface area (Å²) in [6.45, 7) is 7.15. The molecule has 6 heteroatoms. The minimum Gasteiger partial charge on any atom is -0.481 e. The van der Waals surface area contributed by atoms with Crippen molar-refractivity contribution in [3.63, 3.8) is 0 Å². The van der Waals surface area contributed by atoms with Crippen LogP contribution in [0.25, 0.3) is 0 Å². The summed E-state index contributed by atoms with van der Waals surface area (Å²) in [5.74, 6) is 0.839. The molecule has 0 unspecified atom stereocenters. The van der Waals surface area contributed by atoms with Gasteiger partial charge in [-0.2, -0.15) is 4.98 Å². The van der Waals surface area contributed by atoms with Gasteiger partial charge in [-0.15, -0.1) is 0 Å². The molecule has 2 atom stereocenters. The van der Waals surface area contributed by atoms with Crippen molar-refractivity contribution in [1.29, 1.82) is 0 Å². The van der Waals surface area contributed by atoms with Gasteiger partial charge in [0.15, 0.2) is 24.0 Å². The highest BCUT2D eigenvalue weighted by Crippen LogP contribution is 2.39. The lowest BCUT2D eigenvalue weighted by atomic mass is 9.81. The van der Waals surface area contributed by atoms with Gasteiger partial charge in [-0.3, -0.25) is 0 Å². The molecule has 2 heterocycles. The lowest BCUT2D eigenvalue weighted by Gasteiger charge is -2.29. The van der Waals surface area contributed by atoms with Gasteiger partial charge in [-0.1, -0.05) is 38.1 Å². The fraction of sp³-hybridized carbons (Fsp3) is 0.529. The van der Waals surface area contributed by atoms with Crippen LogP contribution in [0.2, 0.25) is 0 Å². The van der Waals surface area contributed by atoms with E-state index in [1.807, 2.05) is 0 Å². The molecule has 3 rings (SSSR count). The Labute approximate surface area is 134 Å². The monoisotopic (exact) mass is 320 g/mol. The third-order valence-electron chi connectivity index (χ3n) is 3.95. The summed E-state index contributed by atoms with van der Waals surface area (Å²) in [6.07, 6.45) is 0.926. The Morgan fingerprint density at radius 1 is 1.30 bits per heavy atom.